The molecular formula is C14H18N2O3. The quantitative estimate of drug-likeness (QED) is 0.897. The Balaban J connectivity index is 2.17. The first-order valence-electron chi connectivity index (χ1n) is 6.58. The van der Waals surface area contributed by atoms with Gasteiger partial charge in [0.05, 0.1) is 5.92 Å². The minimum atomic E-state index is -0.817. The fourth-order valence-corrected chi connectivity index (χ4v) is 2.45. The van der Waals surface area contributed by atoms with E-state index in [4.69, 9.17) is 5.11 Å². The Bertz CT molecular complexity index is 487. The maximum absolute atomic E-state index is 12.5. The minimum absolute atomic E-state index is 0.0785. The number of hydrogen-bond donors (Lipinski definition) is 1. The maximum Gasteiger partial charge on any atom is 0.308 e. The standard InChI is InChI=1S/C14H18N2O3/c1-2-10-8-15-6-5-12(10)13(17)16-7-3-4-11(9-16)14(18)19/h5-6,8,11H,2-4,7,9H2,1H3,(H,18,19). The minimum Gasteiger partial charge on any atom is -0.481 e. The van der Waals surface area contributed by atoms with Gasteiger partial charge in [-0.25, -0.2) is 0 Å². The molecule has 0 aliphatic carbocycles. The number of carbonyl (C=O) groups is 2. The highest BCUT2D eigenvalue weighted by Gasteiger charge is 2.29. The van der Waals surface area contributed by atoms with Crippen molar-refractivity contribution >= 4 is 11.9 Å². The lowest BCUT2D eigenvalue weighted by atomic mass is 9.97. The zero-order valence-corrected chi connectivity index (χ0v) is 11.0. The summed E-state index contributed by atoms with van der Waals surface area (Å²) < 4.78 is 0. The van der Waals surface area contributed by atoms with Crippen LogP contribution in [0.1, 0.15) is 35.7 Å². The van der Waals surface area contributed by atoms with Crippen LogP contribution in [0.4, 0.5) is 0 Å². The third-order valence-electron chi connectivity index (χ3n) is 3.57. The number of aliphatic carboxylic acids is 1. The third-order valence-corrected chi connectivity index (χ3v) is 3.57. The van der Waals surface area contributed by atoms with Gasteiger partial charge in [-0.05, 0) is 30.9 Å². The van der Waals surface area contributed by atoms with E-state index in [2.05, 4.69) is 4.98 Å². The lowest BCUT2D eigenvalue weighted by Crippen LogP contribution is -2.42. The number of likely N-dealkylation sites (tertiary alicyclic amines) is 1. The largest absolute Gasteiger partial charge is 0.481 e. The van der Waals surface area contributed by atoms with Crippen molar-refractivity contribution in [3.05, 3.63) is 29.6 Å². The van der Waals surface area contributed by atoms with Crippen LogP contribution in [0.2, 0.25) is 0 Å². The molecule has 0 radical (unpaired) electrons. The van der Waals surface area contributed by atoms with E-state index in [0.717, 1.165) is 18.4 Å². The first-order valence-corrected chi connectivity index (χ1v) is 6.58. The predicted octanol–water partition coefficient (Wildman–Crippen LogP) is 1.58. The Morgan fingerprint density at radius 3 is 3.00 bits per heavy atom. The van der Waals surface area contributed by atoms with Crippen LogP contribution in [0, 0.1) is 5.92 Å². The van der Waals surface area contributed by atoms with E-state index in [-0.39, 0.29) is 5.91 Å². The molecule has 1 fully saturated rings. The first kappa shape index (κ1) is 13.5. The lowest BCUT2D eigenvalue weighted by molar-refractivity contribution is -0.143. The predicted molar refractivity (Wildman–Crippen MR) is 69.9 cm³/mol. The second-order valence-electron chi connectivity index (χ2n) is 4.81. The van der Waals surface area contributed by atoms with Gasteiger partial charge in [-0.3, -0.25) is 14.6 Å². The van der Waals surface area contributed by atoms with Crippen molar-refractivity contribution in [1.29, 1.82) is 0 Å². The topological polar surface area (TPSA) is 70.5 Å². The number of carboxylic acid groups (broad SMARTS) is 1. The van der Waals surface area contributed by atoms with Crippen molar-refractivity contribution in [2.75, 3.05) is 13.1 Å². The Morgan fingerprint density at radius 1 is 1.53 bits per heavy atom. The highest BCUT2D eigenvalue weighted by atomic mass is 16.4. The van der Waals surface area contributed by atoms with Gasteiger partial charge in [0.25, 0.3) is 5.91 Å². The molecule has 2 heterocycles. The number of aryl methyl sites for hydroxylation is 1. The van der Waals surface area contributed by atoms with Crippen LogP contribution in [0.25, 0.3) is 0 Å². The van der Waals surface area contributed by atoms with Gasteiger partial charge in [-0.2, -0.15) is 0 Å². The zero-order chi connectivity index (χ0) is 13.8. The van der Waals surface area contributed by atoms with Crippen molar-refractivity contribution in [3.8, 4) is 0 Å². The third kappa shape index (κ3) is 2.92. The van der Waals surface area contributed by atoms with Gasteiger partial charge < -0.3 is 10.0 Å². The molecular weight excluding hydrogens is 244 g/mol. The molecule has 1 aromatic heterocycles. The van der Waals surface area contributed by atoms with Crippen molar-refractivity contribution < 1.29 is 14.7 Å². The summed E-state index contributed by atoms with van der Waals surface area (Å²) in [6, 6.07) is 1.71. The summed E-state index contributed by atoms with van der Waals surface area (Å²) in [7, 11) is 0. The molecule has 1 atom stereocenters. The fourth-order valence-electron chi connectivity index (χ4n) is 2.45. The summed E-state index contributed by atoms with van der Waals surface area (Å²) in [4.78, 5) is 29.2. The van der Waals surface area contributed by atoms with E-state index in [9.17, 15) is 9.59 Å². The Labute approximate surface area is 112 Å². The number of carbonyl (C=O) groups excluding carboxylic acids is 1. The van der Waals surface area contributed by atoms with E-state index < -0.39 is 11.9 Å². The lowest BCUT2D eigenvalue weighted by Gasteiger charge is -2.31. The van der Waals surface area contributed by atoms with Crippen LogP contribution >= 0.6 is 0 Å². The van der Waals surface area contributed by atoms with E-state index >= 15 is 0 Å². The smallest absolute Gasteiger partial charge is 0.308 e. The monoisotopic (exact) mass is 262 g/mol. The van der Waals surface area contributed by atoms with Gasteiger partial charge in [0.2, 0.25) is 0 Å². The number of piperidine rings is 1. The Kier molecular flexibility index (Phi) is 4.14. The summed E-state index contributed by atoms with van der Waals surface area (Å²) >= 11 is 0. The van der Waals surface area contributed by atoms with Crippen LogP contribution < -0.4 is 0 Å². The molecule has 1 aromatic rings. The number of nitrogens with zero attached hydrogens (tertiary/aromatic N) is 2. The van der Waals surface area contributed by atoms with Gasteiger partial charge in [-0.15, -0.1) is 0 Å². The molecule has 1 saturated heterocycles. The molecule has 5 heteroatoms. The van der Waals surface area contributed by atoms with Crippen LogP contribution in [0.3, 0.4) is 0 Å². The molecule has 5 nitrogen and oxygen atoms in total. The summed E-state index contributed by atoms with van der Waals surface area (Å²) in [6.45, 7) is 2.91. The summed E-state index contributed by atoms with van der Waals surface area (Å²) in [6.07, 6.45) is 5.44. The fraction of sp³-hybridized carbons (Fsp3) is 0.500. The molecule has 1 N–H and O–H groups in total. The van der Waals surface area contributed by atoms with E-state index in [0.29, 0.717) is 25.1 Å². The van der Waals surface area contributed by atoms with E-state index in [1.807, 2.05) is 6.92 Å². The summed E-state index contributed by atoms with van der Waals surface area (Å²) in [5.41, 5.74) is 1.55. The Hall–Kier alpha value is -1.91. The van der Waals surface area contributed by atoms with Crippen molar-refractivity contribution in [3.63, 3.8) is 0 Å². The van der Waals surface area contributed by atoms with Gasteiger partial charge in [0.15, 0.2) is 0 Å². The molecule has 0 bridgehead atoms. The average molecular weight is 262 g/mol. The molecule has 1 unspecified atom stereocenters. The summed E-state index contributed by atoms with van der Waals surface area (Å²) in [5, 5.41) is 9.06. The van der Waals surface area contributed by atoms with E-state index in [1.54, 1.807) is 23.4 Å². The van der Waals surface area contributed by atoms with Crippen molar-refractivity contribution in [2.45, 2.75) is 26.2 Å². The second-order valence-corrected chi connectivity index (χ2v) is 4.81. The number of carboxylic acids is 1. The maximum atomic E-state index is 12.5. The van der Waals surface area contributed by atoms with Gasteiger partial charge in [-0.1, -0.05) is 6.92 Å². The number of pyridine rings is 1. The van der Waals surface area contributed by atoms with Crippen LogP contribution in [-0.2, 0) is 11.2 Å². The van der Waals surface area contributed by atoms with Crippen LogP contribution in [0.15, 0.2) is 18.5 Å². The number of hydrogen-bond acceptors (Lipinski definition) is 3. The van der Waals surface area contributed by atoms with Crippen molar-refractivity contribution in [1.82, 2.24) is 9.88 Å². The number of rotatable bonds is 3. The van der Waals surface area contributed by atoms with Gasteiger partial charge in [0, 0.05) is 31.0 Å². The van der Waals surface area contributed by atoms with Crippen LogP contribution in [-0.4, -0.2) is 40.0 Å². The molecule has 2 rings (SSSR count). The highest BCUT2D eigenvalue weighted by molar-refractivity contribution is 5.95. The van der Waals surface area contributed by atoms with E-state index in [1.165, 1.54) is 0 Å². The first-order chi connectivity index (χ1) is 9.13. The van der Waals surface area contributed by atoms with Gasteiger partial charge in [0.1, 0.15) is 0 Å². The molecule has 1 aliphatic heterocycles. The van der Waals surface area contributed by atoms with Crippen LogP contribution in [0.5, 0.6) is 0 Å². The van der Waals surface area contributed by atoms with Crippen molar-refractivity contribution in [2.24, 2.45) is 5.92 Å². The molecule has 19 heavy (non-hydrogen) atoms. The molecule has 0 saturated carbocycles. The normalized spacial score (nSPS) is 19.2. The summed E-state index contributed by atoms with van der Waals surface area (Å²) in [5.74, 6) is -1.34. The molecule has 0 spiro atoms. The zero-order valence-electron chi connectivity index (χ0n) is 11.0. The number of aromatic nitrogens is 1. The molecule has 0 aromatic carbocycles. The molecule has 1 amide bonds. The molecule has 1 aliphatic rings. The average Bonchev–Trinajstić information content (AvgIpc) is 2.46. The second kappa shape index (κ2) is 5.82. The van der Waals surface area contributed by atoms with Gasteiger partial charge >= 0.3 is 5.97 Å². The highest BCUT2D eigenvalue weighted by Crippen LogP contribution is 2.20. The SMILES string of the molecule is CCc1cnccc1C(=O)N1CCCC(C(=O)O)C1. The molecule has 102 valence electrons. The number of amides is 1. The Morgan fingerprint density at radius 2 is 2.32 bits per heavy atom.